The maximum absolute atomic E-state index is 11.5. The second-order valence-corrected chi connectivity index (χ2v) is 4.75. The van der Waals surface area contributed by atoms with Gasteiger partial charge >= 0.3 is 6.03 Å². The molecule has 2 aromatic rings. The molecule has 0 aliphatic rings. The van der Waals surface area contributed by atoms with Crippen LogP contribution in [0.5, 0.6) is 5.75 Å². The Balaban J connectivity index is 1.57. The third-order valence-corrected chi connectivity index (χ3v) is 2.99. The van der Waals surface area contributed by atoms with Crippen LogP contribution in [0.15, 0.2) is 54.6 Å². The zero-order valence-electron chi connectivity index (χ0n) is 12.5. The molecule has 0 fully saturated rings. The number of carbonyl (C=O) groups excluding carboxylic acids is 1. The molecule has 0 aliphatic heterocycles. The number of para-hydroxylation sites is 1. The molecule has 0 aliphatic carbocycles. The van der Waals surface area contributed by atoms with Gasteiger partial charge in [0.1, 0.15) is 12.4 Å². The van der Waals surface area contributed by atoms with Gasteiger partial charge in [-0.25, -0.2) is 10.3 Å². The number of ether oxygens (including phenoxy) is 1. The average molecular weight is 300 g/mol. The fourth-order valence-corrected chi connectivity index (χ4v) is 1.84. The first-order valence-electron chi connectivity index (χ1n) is 7.13. The van der Waals surface area contributed by atoms with Gasteiger partial charge in [0.15, 0.2) is 0 Å². The number of aryl methyl sites for hydroxylation is 1. The van der Waals surface area contributed by atoms with E-state index in [2.05, 4.69) is 10.8 Å². The van der Waals surface area contributed by atoms with Gasteiger partial charge in [-0.15, -0.1) is 0 Å². The molecule has 0 aromatic heterocycles. The molecule has 2 amide bonds. The lowest BCUT2D eigenvalue weighted by molar-refractivity contribution is 0.0488. The van der Waals surface area contributed by atoms with Gasteiger partial charge in [-0.2, -0.15) is 0 Å². The largest absolute Gasteiger partial charge is 0.491 e. The fourth-order valence-electron chi connectivity index (χ4n) is 1.84. The second-order valence-electron chi connectivity index (χ2n) is 4.75. The lowest BCUT2D eigenvalue weighted by atomic mass is 10.2. The molecule has 2 aromatic carbocycles. The summed E-state index contributed by atoms with van der Waals surface area (Å²) in [6.07, 6.45) is 0. The van der Waals surface area contributed by atoms with Gasteiger partial charge < -0.3 is 10.1 Å². The Morgan fingerprint density at radius 2 is 1.77 bits per heavy atom. The Hall–Kier alpha value is -2.53. The van der Waals surface area contributed by atoms with E-state index < -0.39 is 0 Å². The highest BCUT2D eigenvalue weighted by Crippen LogP contribution is 2.15. The third-order valence-electron chi connectivity index (χ3n) is 2.99. The summed E-state index contributed by atoms with van der Waals surface area (Å²) in [6.45, 7) is 3.10. The van der Waals surface area contributed by atoms with E-state index in [9.17, 15) is 4.79 Å². The molecule has 116 valence electrons. The molecular weight excluding hydrogens is 280 g/mol. The van der Waals surface area contributed by atoms with E-state index in [1.807, 2.05) is 61.5 Å². The number of rotatable bonds is 7. The molecule has 5 nitrogen and oxygen atoms in total. The number of nitrogens with one attached hydrogen (secondary N) is 2. The summed E-state index contributed by atoms with van der Waals surface area (Å²) in [5.74, 6) is 0.824. The van der Waals surface area contributed by atoms with Crippen molar-refractivity contribution in [2.45, 2.75) is 13.5 Å². The Morgan fingerprint density at radius 3 is 2.55 bits per heavy atom. The van der Waals surface area contributed by atoms with Crippen LogP contribution in [-0.4, -0.2) is 19.2 Å². The summed E-state index contributed by atoms with van der Waals surface area (Å²) in [4.78, 5) is 16.6. The van der Waals surface area contributed by atoms with E-state index in [0.717, 1.165) is 16.9 Å². The average Bonchev–Trinajstić information content (AvgIpc) is 2.54. The minimum absolute atomic E-state index is 0.327. The number of hydroxylamine groups is 1. The normalized spacial score (nSPS) is 10.0. The minimum atomic E-state index is -0.385. The van der Waals surface area contributed by atoms with Crippen LogP contribution < -0.4 is 15.5 Å². The van der Waals surface area contributed by atoms with Crippen LogP contribution in [0.3, 0.4) is 0 Å². The van der Waals surface area contributed by atoms with E-state index in [0.29, 0.717) is 19.8 Å². The maximum atomic E-state index is 11.5. The summed E-state index contributed by atoms with van der Waals surface area (Å²) >= 11 is 0. The minimum Gasteiger partial charge on any atom is -0.491 e. The predicted octanol–water partition coefficient (Wildman–Crippen LogP) is 2.80. The van der Waals surface area contributed by atoms with Gasteiger partial charge in [-0.3, -0.25) is 4.84 Å². The van der Waals surface area contributed by atoms with Crippen LogP contribution in [0.25, 0.3) is 0 Å². The first kappa shape index (κ1) is 15.9. The molecule has 0 atom stereocenters. The van der Waals surface area contributed by atoms with Crippen molar-refractivity contribution in [2.24, 2.45) is 0 Å². The lowest BCUT2D eigenvalue weighted by Crippen LogP contribution is -2.37. The first-order valence-corrected chi connectivity index (χ1v) is 7.13. The van der Waals surface area contributed by atoms with Crippen LogP contribution in [0.4, 0.5) is 4.79 Å². The Bertz CT molecular complexity index is 587. The molecule has 0 unspecified atom stereocenters. The van der Waals surface area contributed by atoms with Crippen molar-refractivity contribution in [1.29, 1.82) is 0 Å². The predicted molar refractivity (Wildman–Crippen MR) is 84.4 cm³/mol. The van der Waals surface area contributed by atoms with Crippen molar-refractivity contribution < 1.29 is 14.4 Å². The van der Waals surface area contributed by atoms with E-state index in [-0.39, 0.29) is 6.03 Å². The zero-order valence-corrected chi connectivity index (χ0v) is 12.5. The van der Waals surface area contributed by atoms with Gasteiger partial charge in [-0.1, -0.05) is 48.5 Å². The van der Waals surface area contributed by atoms with E-state index in [4.69, 9.17) is 9.57 Å². The molecule has 2 rings (SSSR count). The molecule has 0 saturated heterocycles. The molecule has 0 saturated carbocycles. The highest BCUT2D eigenvalue weighted by molar-refractivity contribution is 5.72. The van der Waals surface area contributed by atoms with Crippen LogP contribution >= 0.6 is 0 Å². The van der Waals surface area contributed by atoms with Gasteiger partial charge in [-0.05, 0) is 24.1 Å². The Morgan fingerprint density at radius 1 is 1.05 bits per heavy atom. The van der Waals surface area contributed by atoms with Gasteiger partial charge in [0.25, 0.3) is 0 Å². The Kier molecular flexibility index (Phi) is 6.26. The maximum Gasteiger partial charge on any atom is 0.338 e. The van der Waals surface area contributed by atoms with Crippen molar-refractivity contribution in [3.63, 3.8) is 0 Å². The van der Waals surface area contributed by atoms with Crippen LogP contribution in [-0.2, 0) is 11.4 Å². The summed E-state index contributed by atoms with van der Waals surface area (Å²) in [6, 6.07) is 17.0. The van der Waals surface area contributed by atoms with Gasteiger partial charge in [0.2, 0.25) is 0 Å². The smallest absolute Gasteiger partial charge is 0.338 e. The molecule has 0 spiro atoms. The second kappa shape index (κ2) is 8.69. The molecule has 0 radical (unpaired) electrons. The summed E-state index contributed by atoms with van der Waals surface area (Å²) < 4.78 is 5.58. The molecule has 5 heteroatoms. The van der Waals surface area contributed by atoms with E-state index in [1.165, 1.54) is 0 Å². The lowest BCUT2D eigenvalue weighted by Gasteiger charge is -2.10. The highest BCUT2D eigenvalue weighted by atomic mass is 16.7. The van der Waals surface area contributed by atoms with Crippen molar-refractivity contribution in [3.05, 3.63) is 65.7 Å². The number of benzene rings is 2. The van der Waals surface area contributed by atoms with Crippen molar-refractivity contribution in [1.82, 2.24) is 10.8 Å². The highest BCUT2D eigenvalue weighted by Gasteiger charge is 2.01. The van der Waals surface area contributed by atoms with Crippen LogP contribution in [0.1, 0.15) is 11.1 Å². The van der Waals surface area contributed by atoms with Crippen molar-refractivity contribution in [3.8, 4) is 5.75 Å². The molecule has 0 bridgehead atoms. The molecule has 0 heterocycles. The van der Waals surface area contributed by atoms with E-state index in [1.54, 1.807) is 0 Å². The third kappa shape index (κ3) is 5.46. The van der Waals surface area contributed by atoms with Crippen LogP contribution in [0, 0.1) is 6.92 Å². The number of amides is 2. The topological polar surface area (TPSA) is 59.6 Å². The Labute approximate surface area is 130 Å². The SMILES string of the molecule is Cc1ccccc1OCCNC(=O)NOCc1ccccc1. The number of carbonyl (C=O) groups is 1. The standard InChI is InChI=1S/C17H20N2O3/c1-14-7-5-6-10-16(14)21-12-11-18-17(20)19-22-13-15-8-3-2-4-9-15/h2-10H,11-13H2,1H3,(H2,18,19,20). The fraction of sp³-hybridized carbons (Fsp3) is 0.235. The van der Waals surface area contributed by atoms with Gasteiger partial charge in [0.05, 0.1) is 13.2 Å². The van der Waals surface area contributed by atoms with E-state index >= 15 is 0 Å². The van der Waals surface area contributed by atoms with Gasteiger partial charge in [0, 0.05) is 0 Å². The summed E-state index contributed by atoms with van der Waals surface area (Å²) in [5, 5.41) is 2.66. The van der Waals surface area contributed by atoms with Crippen molar-refractivity contribution >= 4 is 6.03 Å². The molecule has 22 heavy (non-hydrogen) atoms. The molecule has 2 N–H and O–H groups in total. The summed E-state index contributed by atoms with van der Waals surface area (Å²) in [5.41, 5.74) is 4.39. The summed E-state index contributed by atoms with van der Waals surface area (Å²) in [7, 11) is 0. The number of urea groups is 1. The monoisotopic (exact) mass is 300 g/mol. The van der Waals surface area contributed by atoms with Crippen molar-refractivity contribution in [2.75, 3.05) is 13.2 Å². The van der Waals surface area contributed by atoms with Crippen LogP contribution in [0.2, 0.25) is 0 Å². The quantitative estimate of drug-likeness (QED) is 0.610. The number of hydrogen-bond acceptors (Lipinski definition) is 3. The molecular formula is C17H20N2O3. The first-order chi connectivity index (χ1) is 10.8. The zero-order chi connectivity index (χ0) is 15.6. The number of hydrogen-bond donors (Lipinski definition) is 2.